The highest BCUT2D eigenvalue weighted by Crippen LogP contribution is 2.36. The van der Waals surface area contributed by atoms with E-state index in [4.69, 9.17) is 9.15 Å². The summed E-state index contributed by atoms with van der Waals surface area (Å²) in [4.78, 5) is 44.6. The van der Waals surface area contributed by atoms with Crippen LogP contribution in [-0.4, -0.2) is 48.7 Å². The standard InChI is InChI=1S/C27H24N4O5/c1-15-9-17(7-8-28-15)16-4-6-22-19(10-16)11-23(36-22)27(25(33)29-26(34)30-27)14-31-13-18-3-5-20(35-2)12-21(18)24(31)32/h3-8,10-12,15H,9,13-14H2,1-2H3,(H2,29,30,33,34). The van der Waals surface area contributed by atoms with Gasteiger partial charge in [-0.05, 0) is 66.5 Å². The molecule has 4 amide bonds. The number of dihydropyridines is 1. The number of amides is 4. The quantitative estimate of drug-likeness (QED) is 0.539. The van der Waals surface area contributed by atoms with Gasteiger partial charge in [-0.2, -0.15) is 0 Å². The van der Waals surface area contributed by atoms with Crippen molar-refractivity contribution >= 4 is 40.6 Å². The van der Waals surface area contributed by atoms with E-state index in [1.807, 2.05) is 36.6 Å². The first-order valence-corrected chi connectivity index (χ1v) is 11.7. The second-order valence-electron chi connectivity index (χ2n) is 9.40. The van der Waals surface area contributed by atoms with Crippen LogP contribution in [-0.2, 0) is 16.9 Å². The van der Waals surface area contributed by atoms with Crippen LogP contribution in [0.5, 0.6) is 5.75 Å². The van der Waals surface area contributed by atoms with Gasteiger partial charge in [0, 0.05) is 23.7 Å². The SMILES string of the molecule is COc1ccc2c(c1)C(=O)N(CC1(c3cc4cc(C5=CC=NC(C)C5)ccc4o3)NC(=O)NC1=O)C2. The van der Waals surface area contributed by atoms with Crippen molar-refractivity contribution in [3.63, 3.8) is 0 Å². The highest BCUT2D eigenvalue weighted by molar-refractivity contribution is 6.08. The monoisotopic (exact) mass is 484 g/mol. The van der Waals surface area contributed by atoms with Crippen LogP contribution in [0.3, 0.4) is 0 Å². The molecule has 2 N–H and O–H groups in total. The lowest BCUT2D eigenvalue weighted by molar-refractivity contribution is -0.125. The fraction of sp³-hybridized carbons (Fsp3) is 0.259. The molecule has 182 valence electrons. The first-order chi connectivity index (χ1) is 17.4. The van der Waals surface area contributed by atoms with Crippen molar-refractivity contribution in [3.05, 3.63) is 71.0 Å². The van der Waals surface area contributed by atoms with Gasteiger partial charge in [-0.1, -0.05) is 12.1 Å². The molecule has 4 heterocycles. The number of imide groups is 1. The molecule has 0 aliphatic carbocycles. The number of furan rings is 1. The van der Waals surface area contributed by atoms with Crippen molar-refractivity contribution in [1.29, 1.82) is 0 Å². The number of nitrogens with one attached hydrogen (secondary N) is 2. The predicted molar refractivity (Wildman–Crippen MR) is 133 cm³/mol. The zero-order chi connectivity index (χ0) is 25.0. The normalized spacial score (nSPS) is 23.1. The summed E-state index contributed by atoms with van der Waals surface area (Å²) in [5, 5.41) is 5.85. The number of aliphatic imine (C=N–C) groups is 1. The van der Waals surface area contributed by atoms with Gasteiger partial charge in [-0.15, -0.1) is 0 Å². The number of nitrogens with zero attached hydrogens (tertiary/aromatic N) is 2. The lowest BCUT2D eigenvalue weighted by atomic mass is 9.94. The molecule has 36 heavy (non-hydrogen) atoms. The number of benzene rings is 2. The van der Waals surface area contributed by atoms with Crippen molar-refractivity contribution < 1.29 is 23.5 Å². The summed E-state index contributed by atoms with van der Waals surface area (Å²) in [6.45, 7) is 2.30. The molecule has 3 aliphatic heterocycles. The number of fused-ring (bicyclic) bond motifs is 2. The summed E-state index contributed by atoms with van der Waals surface area (Å²) < 4.78 is 11.4. The van der Waals surface area contributed by atoms with E-state index in [0.717, 1.165) is 22.9 Å². The van der Waals surface area contributed by atoms with Gasteiger partial charge >= 0.3 is 6.03 Å². The van der Waals surface area contributed by atoms with Gasteiger partial charge in [0.15, 0.2) is 5.54 Å². The number of ether oxygens (including phenoxy) is 1. The molecule has 1 aromatic heterocycles. The zero-order valence-corrected chi connectivity index (χ0v) is 19.8. The smallest absolute Gasteiger partial charge is 0.322 e. The maximum Gasteiger partial charge on any atom is 0.322 e. The van der Waals surface area contributed by atoms with E-state index in [-0.39, 0.29) is 24.3 Å². The highest BCUT2D eigenvalue weighted by atomic mass is 16.5. The maximum atomic E-state index is 13.2. The first kappa shape index (κ1) is 22.1. The van der Waals surface area contributed by atoms with Gasteiger partial charge in [0.25, 0.3) is 11.8 Å². The number of carbonyl (C=O) groups is 3. The molecule has 3 aromatic rings. The third-order valence-corrected chi connectivity index (χ3v) is 7.00. The lowest BCUT2D eigenvalue weighted by Crippen LogP contribution is -2.52. The Morgan fingerprint density at radius 1 is 1.17 bits per heavy atom. The third-order valence-electron chi connectivity index (χ3n) is 7.00. The summed E-state index contributed by atoms with van der Waals surface area (Å²) >= 11 is 0. The van der Waals surface area contributed by atoms with Gasteiger partial charge in [-0.3, -0.25) is 19.9 Å². The number of urea groups is 1. The van der Waals surface area contributed by atoms with Gasteiger partial charge in [0.2, 0.25) is 0 Å². The molecule has 6 rings (SSSR count). The van der Waals surface area contributed by atoms with Crippen molar-refractivity contribution in [1.82, 2.24) is 15.5 Å². The summed E-state index contributed by atoms with van der Waals surface area (Å²) in [5.74, 6) is 0.0445. The Labute approximate surface area is 206 Å². The van der Waals surface area contributed by atoms with E-state index >= 15 is 0 Å². The molecular formula is C27H24N4O5. The van der Waals surface area contributed by atoms with E-state index in [0.29, 0.717) is 23.4 Å². The van der Waals surface area contributed by atoms with Crippen LogP contribution in [0, 0.1) is 0 Å². The molecule has 9 nitrogen and oxygen atoms in total. The summed E-state index contributed by atoms with van der Waals surface area (Å²) in [5.41, 5.74) is 2.58. The minimum atomic E-state index is -1.55. The van der Waals surface area contributed by atoms with E-state index in [1.54, 1.807) is 23.1 Å². The van der Waals surface area contributed by atoms with E-state index in [2.05, 4.69) is 22.5 Å². The molecule has 2 unspecified atom stereocenters. The number of allylic oxidation sites excluding steroid dienone is 1. The minimum absolute atomic E-state index is 0.0772. The van der Waals surface area contributed by atoms with Gasteiger partial charge in [0.05, 0.1) is 19.7 Å². The maximum absolute atomic E-state index is 13.2. The average Bonchev–Trinajstić information content (AvgIpc) is 3.52. The number of hydrogen-bond donors (Lipinski definition) is 2. The molecule has 0 spiro atoms. The Morgan fingerprint density at radius 3 is 2.78 bits per heavy atom. The Balaban J connectivity index is 1.36. The molecule has 0 saturated carbocycles. The molecule has 1 saturated heterocycles. The average molecular weight is 485 g/mol. The molecule has 1 fully saturated rings. The summed E-state index contributed by atoms with van der Waals surface area (Å²) in [6.07, 6.45) is 4.65. The topological polar surface area (TPSA) is 113 Å². The van der Waals surface area contributed by atoms with Crippen molar-refractivity contribution in [2.75, 3.05) is 13.7 Å². The molecule has 3 aliphatic rings. The Bertz CT molecular complexity index is 1500. The number of rotatable bonds is 5. The van der Waals surface area contributed by atoms with Gasteiger partial charge < -0.3 is 19.4 Å². The molecule has 2 atom stereocenters. The second kappa shape index (κ2) is 8.08. The highest BCUT2D eigenvalue weighted by Gasteiger charge is 2.53. The van der Waals surface area contributed by atoms with Crippen LogP contribution in [0.1, 0.15) is 40.6 Å². The van der Waals surface area contributed by atoms with Crippen molar-refractivity contribution in [2.24, 2.45) is 4.99 Å². The van der Waals surface area contributed by atoms with Crippen molar-refractivity contribution in [2.45, 2.75) is 31.5 Å². The first-order valence-electron chi connectivity index (χ1n) is 11.7. The molecule has 9 heteroatoms. The van der Waals surface area contributed by atoms with Crippen LogP contribution >= 0.6 is 0 Å². The second-order valence-corrected chi connectivity index (χ2v) is 9.40. The van der Waals surface area contributed by atoms with E-state index in [9.17, 15) is 14.4 Å². The number of carbonyl (C=O) groups excluding carboxylic acids is 3. The largest absolute Gasteiger partial charge is 0.497 e. The Kier molecular flexibility index (Phi) is 4.96. The van der Waals surface area contributed by atoms with E-state index in [1.165, 1.54) is 12.7 Å². The minimum Gasteiger partial charge on any atom is -0.497 e. The van der Waals surface area contributed by atoms with E-state index < -0.39 is 17.5 Å². The predicted octanol–water partition coefficient (Wildman–Crippen LogP) is 3.38. The summed E-state index contributed by atoms with van der Waals surface area (Å²) in [7, 11) is 1.54. The Morgan fingerprint density at radius 2 is 2.03 bits per heavy atom. The van der Waals surface area contributed by atoms with Crippen LogP contribution in [0.15, 0.2) is 58.0 Å². The van der Waals surface area contributed by atoms with Crippen LogP contribution in [0.2, 0.25) is 0 Å². The zero-order valence-electron chi connectivity index (χ0n) is 19.8. The van der Waals surface area contributed by atoms with Gasteiger partial charge in [0.1, 0.15) is 17.1 Å². The molecule has 0 bridgehead atoms. The van der Waals surface area contributed by atoms with Crippen LogP contribution < -0.4 is 15.4 Å². The van der Waals surface area contributed by atoms with Crippen LogP contribution in [0.4, 0.5) is 4.79 Å². The molecule has 2 aromatic carbocycles. The third kappa shape index (κ3) is 3.46. The fourth-order valence-electron chi connectivity index (χ4n) is 5.12. The van der Waals surface area contributed by atoms with Crippen molar-refractivity contribution in [3.8, 4) is 5.75 Å². The number of methoxy groups -OCH3 is 1. The fourth-order valence-corrected chi connectivity index (χ4v) is 5.12. The Hall–Kier alpha value is -4.40. The number of hydrogen-bond acceptors (Lipinski definition) is 6. The molecule has 0 radical (unpaired) electrons. The van der Waals surface area contributed by atoms with Crippen LogP contribution in [0.25, 0.3) is 16.5 Å². The van der Waals surface area contributed by atoms with Gasteiger partial charge in [-0.25, -0.2) is 4.79 Å². The lowest BCUT2D eigenvalue weighted by Gasteiger charge is -2.29. The molecular weight excluding hydrogens is 460 g/mol. The summed E-state index contributed by atoms with van der Waals surface area (Å²) in [6, 6.07) is 12.5.